The molecule has 5 nitrogen and oxygen atoms in total. The lowest BCUT2D eigenvalue weighted by atomic mass is 10.1. The zero-order chi connectivity index (χ0) is 21.6. The van der Waals surface area contributed by atoms with Gasteiger partial charge in [-0.1, -0.05) is 48.2 Å². The van der Waals surface area contributed by atoms with E-state index in [1.807, 2.05) is 59.3 Å². The summed E-state index contributed by atoms with van der Waals surface area (Å²) in [5.74, 6) is 0.347. The van der Waals surface area contributed by atoms with Gasteiger partial charge in [0.05, 0.1) is 11.8 Å². The Morgan fingerprint density at radius 3 is 2.58 bits per heavy atom. The second kappa shape index (κ2) is 9.89. The Morgan fingerprint density at radius 1 is 1.10 bits per heavy atom. The number of hydrogen-bond acceptors (Lipinski definition) is 5. The number of carbonyl (C=O) groups excluding carboxylic acids is 1. The maximum absolute atomic E-state index is 13.5. The van der Waals surface area contributed by atoms with Gasteiger partial charge in [0.2, 0.25) is 5.91 Å². The van der Waals surface area contributed by atoms with E-state index in [0.29, 0.717) is 18.1 Å². The molecule has 1 atom stereocenters. The standard InChI is InChI=1S/C23H21FN4OS2/c1-16(22(29)25-15-20-8-5-13-30-20)31-23-27-26-21(14-17-6-3-2-4-7-17)28(23)19-11-9-18(24)10-12-19/h2-13,16H,14-15H2,1H3,(H,25,29)/t16-/m1/s1. The number of hydrogen-bond donors (Lipinski definition) is 1. The fraction of sp³-hybridized carbons (Fsp3) is 0.174. The van der Waals surface area contributed by atoms with Crippen molar-refractivity contribution in [3.8, 4) is 5.69 Å². The van der Waals surface area contributed by atoms with Gasteiger partial charge in [-0.25, -0.2) is 4.39 Å². The van der Waals surface area contributed by atoms with Crippen molar-refractivity contribution in [2.75, 3.05) is 0 Å². The molecule has 0 saturated heterocycles. The topological polar surface area (TPSA) is 59.8 Å². The second-order valence-electron chi connectivity index (χ2n) is 6.93. The fourth-order valence-corrected chi connectivity index (χ4v) is 4.62. The average molecular weight is 453 g/mol. The lowest BCUT2D eigenvalue weighted by molar-refractivity contribution is -0.120. The number of carbonyl (C=O) groups is 1. The van der Waals surface area contributed by atoms with Crippen LogP contribution in [0.2, 0.25) is 0 Å². The van der Waals surface area contributed by atoms with Gasteiger partial charge >= 0.3 is 0 Å². The van der Waals surface area contributed by atoms with E-state index in [4.69, 9.17) is 0 Å². The minimum atomic E-state index is -0.368. The maximum Gasteiger partial charge on any atom is 0.233 e. The summed E-state index contributed by atoms with van der Waals surface area (Å²) in [5, 5.41) is 13.9. The molecule has 0 spiro atoms. The van der Waals surface area contributed by atoms with Crippen molar-refractivity contribution in [1.82, 2.24) is 20.1 Å². The molecule has 8 heteroatoms. The Labute approximate surface area is 188 Å². The van der Waals surface area contributed by atoms with Crippen molar-refractivity contribution in [3.63, 3.8) is 0 Å². The van der Waals surface area contributed by atoms with Crippen LogP contribution in [-0.4, -0.2) is 25.9 Å². The molecular formula is C23H21FN4OS2. The first-order chi connectivity index (χ1) is 15.1. The van der Waals surface area contributed by atoms with E-state index in [9.17, 15) is 9.18 Å². The third kappa shape index (κ3) is 5.39. The first-order valence-electron chi connectivity index (χ1n) is 9.81. The van der Waals surface area contributed by atoms with Gasteiger partial charge in [-0.2, -0.15) is 0 Å². The molecule has 0 aliphatic carbocycles. The monoisotopic (exact) mass is 452 g/mol. The number of aromatic nitrogens is 3. The summed E-state index contributed by atoms with van der Waals surface area (Å²) in [7, 11) is 0. The highest BCUT2D eigenvalue weighted by Crippen LogP contribution is 2.27. The van der Waals surface area contributed by atoms with E-state index in [1.54, 1.807) is 23.5 Å². The van der Waals surface area contributed by atoms with Crippen LogP contribution in [-0.2, 0) is 17.8 Å². The molecule has 4 aromatic rings. The molecule has 0 unspecified atom stereocenters. The van der Waals surface area contributed by atoms with Crippen molar-refractivity contribution < 1.29 is 9.18 Å². The van der Waals surface area contributed by atoms with Crippen LogP contribution in [0.15, 0.2) is 77.3 Å². The number of benzene rings is 2. The Kier molecular flexibility index (Phi) is 6.79. The summed E-state index contributed by atoms with van der Waals surface area (Å²) in [5.41, 5.74) is 1.85. The lowest BCUT2D eigenvalue weighted by Crippen LogP contribution is -2.30. The van der Waals surface area contributed by atoms with Gasteiger partial charge in [-0.3, -0.25) is 9.36 Å². The summed E-state index contributed by atoms with van der Waals surface area (Å²) in [6.45, 7) is 2.35. The van der Waals surface area contributed by atoms with E-state index >= 15 is 0 Å². The van der Waals surface area contributed by atoms with E-state index in [0.717, 1.165) is 22.0 Å². The van der Waals surface area contributed by atoms with Gasteiger partial charge in [-0.15, -0.1) is 21.5 Å². The van der Waals surface area contributed by atoms with Gasteiger partial charge in [0.15, 0.2) is 5.16 Å². The quantitative estimate of drug-likeness (QED) is 0.388. The lowest BCUT2D eigenvalue weighted by Gasteiger charge is -2.14. The van der Waals surface area contributed by atoms with Crippen molar-refractivity contribution in [2.24, 2.45) is 0 Å². The number of amides is 1. The predicted molar refractivity (Wildman–Crippen MR) is 122 cm³/mol. The van der Waals surface area contributed by atoms with Crippen molar-refractivity contribution in [3.05, 3.63) is 94.2 Å². The van der Waals surface area contributed by atoms with Crippen LogP contribution < -0.4 is 5.32 Å². The molecule has 0 aliphatic rings. The molecule has 2 aromatic carbocycles. The highest BCUT2D eigenvalue weighted by molar-refractivity contribution is 8.00. The average Bonchev–Trinajstić information content (AvgIpc) is 3.44. The largest absolute Gasteiger partial charge is 0.350 e. The van der Waals surface area contributed by atoms with Crippen LogP contribution in [0.1, 0.15) is 23.2 Å². The van der Waals surface area contributed by atoms with Crippen LogP contribution in [0.5, 0.6) is 0 Å². The van der Waals surface area contributed by atoms with Crippen LogP contribution in [0.3, 0.4) is 0 Å². The summed E-state index contributed by atoms with van der Waals surface area (Å²) in [6, 6.07) is 20.1. The van der Waals surface area contributed by atoms with Gasteiger partial charge in [0, 0.05) is 17.0 Å². The molecule has 0 radical (unpaired) electrons. The molecule has 0 bridgehead atoms. The number of halogens is 1. The number of nitrogens with one attached hydrogen (secondary N) is 1. The summed E-state index contributed by atoms with van der Waals surface area (Å²) < 4.78 is 15.4. The number of thioether (sulfide) groups is 1. The van der Waals surface area contributed by atoms with Gasteiger partial charge in [0.25, 0.3) is 0 Å². The number of rotatable bonds is 8. The summed E-state index contributed by atoms with van der Waals surface area (Å²) in [4.78, 5) is 13.7. The maximum atomic E-state index is 13.5. The minimum absolute atomic E-state index is 0.0725. The Bertz CT molecular complexity index is 1130. The molecule has 1 amide bonds. The molecule has 4 rings (SSSR count). The Morgan fingerprint density at radius 2 is 1.87 bits per heavy atom. The highest BCUT2D eigenvalue weighted by Gasteiger charge is 2.21. The van der Waals surface area contributed by atoms with E-state index in [2.05, 4.69) is 15.5 Å². The molecule has 2 heterocycles. The molecule has 2 aromatic heterocycles. The highest BCUT2D eigenvalue weighted by atomic mass is 32.2. The van der Waals surface area contributed by atoms with Gasteiger partial charge in [0.1, 0.15) is 11.6 Å². The van der Waals surface area contributed by atoms with Crippen molar-refractivity contribution in [1.29, 1.82) is 0 Å². The normalized spacial score (nSPS) is 11.9. The molecule has 1 N–H and O–H groups in total. The smallest absolute Gasteiger partial charge is 0.233 e. The van der Waals surface area contributed by atoms with Gasteiger partial charge < -0.3 is 5.32 Å². The second-order valence-corrected chi connectivity index (χ2v) is 9.27. The summed E-state index contributed by atoms with van der Waals surface area (Å²) >= 11 is 2.94. The first-order valence-corrected chi connectivity index (χ1v) is 11.6. The zero-order valence-corrected chi connectivity index (χ0v) is 18.5. The van der Waals surface area contributed by atoms with Crippen molar-refractivity contribution in [2.45, 2.75) is 30.3 Å². The van der Waals surface area contributed by atoms with Gasteiger partial charge in [-0.05, 0) is 48.2 Å². The SMILES string of the molecule is C[C@@H](Sc1nnc(Cc2ccccc2)n1-c1ccc(F)cc1)C(=O)NCc1cccs1. The Hall–Kier alpha value is -2.97. The van der Waals surface area contributed by atoms with Crippen LogP contribution in [0.4, 0.5) is 4.39 Å². The van der Waals surface area contributed by atoms with Crippen LogP contribution in [0, 0.1) is 5.82 Å². The Balaban J connectivity index is 1.56. The van der Waals surface area contributed by atoms with E-state index in [-0.39, 0.29) is 17.0 Å². The molecule has 0 saturated carbocycles. The number of thiophene rings is 1. The molecule has 158 valence electrons. The molecule has 0 fully saturated rings. The van der Waals surface area contributed by atoms with Crippen molar-refractivity contribution >= 4 is 29.0 Å². The van der Waals surface area contributed by atoms with E-state index < -0.39 is 0 Å². The summed E-state index contributed by atoms with van der Waals surface area (Å²) in [6.07, 6.45) is 0.574. The van der Waals surface area contributed by atoms with E-state index in [1.165, 1.54) is 23.9 Å². The van der Waals surface area contributed by atoms with Crippen LogP contribution >= 0.6 is 23.1 Å². The molecular weight excluding hydrogens is 431 g/mol. The molecule has 0 aliphatic heterocycles. The number of nitrogens with zero attached hydrogens (tertiary/aromatic N) is 3. The fourth-order valence-electron chi connectivity index (χ4n) is 3.06. The third-order valence-corrected chi connectivity index (χ3v) is 6.58. The third-order valence-electron chi connectivity index (χ3n) is 4.66. The predicted octanol–water partition coefficient (Wildman–Crippen LogP) is 4.86. The minimum Gasteiger partial charge on any atom is -0.350 e. The molecule has 31 heavy (non-hydrogen) atoms. The van der Waals surface area contributed by atoms with Crippen LogP contribution in [0.25, 0.3) is 5.69 Å². The zero-order valence-electron chi connectivity index (χ0n) is 16.9. The first kappa shape index (κ1) is 21.3.